The van der Waals surface area contributed by atoms with Crippen LogP contribution in [0.15, 0.2) is 36.4 Å². The van der Waals surface area contributed by atoms with Crippen molar-refractivity contribution < 1.29 is 9.90 Å². The number of nitrogens with one attached hydrogen (secondary N) is 2. The lowest BCUT2D eigenvalue weighted by Crippen LogP contribution is -2.48. The van der Waals surface area contributed by atoms with Crippen LogP contribution in [0.25, 0.3) is 10.8 Å². The number of benzene rings is 2. The molecule has 2 aromatic carbocycles. The van der Waals surface area contributed by atoms with Crippen molar-refractivity contribution in [2.45, 2.75) is 31.8 Å². The molecule has 0 aliphatic carbocycles. The molecule has 4 heteroatoms. The molecule has 0 bridgehead atoms. The molecule has 1 aliphatic rings. The summed E-state index contributed by atoms with van der Waals surface area (Å²) in [5.74, 6) is 0.345. The highest BCUT2D eigenvalue weighted by atomic mass is 16.3. The molecule has 3 rings (SSSR count). The molecule has 1 fully saturated rings. The Hall–Kier alpha value is -2.07. The Bertz CT molecular complexity index is 669. The van der Waals surface area contributed by atoms with Crippen molar-refractivity contribution in [2.24, 2.45) is 0 Å². The van der Waals surface area contributed by atoms with Gasteiger partial charge in [-0.15, -0.1) is 0 Å². The average molecular weight is 284 g/mol. The fourth-order valence-electron chi connectivity index (χ4n) is 2.94. The maximum absolute atomic E-state index is 11.8. The van der Waals surface area contributed by atoms with Crippen LogP contribution in [-0.2, 0) is 4.79 Å². The van der Waals surface area contributed by atoms with Crippen LogP contribution < -0.4 is 10.6 Å². The fraction of sp³-hybridized carbons (Fsp3) is 0.353. The lowest BCUT2D eigenvalue weighted by atomic mass is 9.99. The number of hydrogen-bond acceptors (Lipinski definition) is 3. The number of piperidine rings is 1. The second kappa shape index (κ2) is 5.74. The minimum Gasteiger partial charge on any atom is -0.507 e. The van der Waals surface area contributed by atoms with E-state index in [0.717, 1.165) is 35.7 Å². The van der Waals surface area contributed by atoms with Gasteiger partial charge in [0.05, 0.1) is 6.04 Å². The lowest BCUT2D eigenvalue weighted by molar-refractivity contribution is -0.124. The fourth-order valence-corrected chi connectivity index (χ4v) is 2.94. The summed E-state index contributed by atoms with van der Waals surface area (Å²) in [6, 6.07) is 11.4. The van der Waals surface area contributed by atoms with Gasteiger partial charge >= 0.3 is 0 Å². The molecule has 1 aliphatic heterocycles. The van der Waals surface area contributed by atoms with Gasteiger partial charge in [0.1, 0.15) is 5.75 Å². The Morgan fingerprint density at radius 1 is 1.29 bits per heavy atom. The van der Waals surface area contributed by atoms with Gasteiger partial charge in [-0.1, -0.05) is 36.4 Å². The standard InChI is InChI=1S/C17H20N2O2/c1-11(19-15-7-4-10-18-17(15)21)13-9-8-12-5-2-3-6-14(12)16(13)20/h2-3,5-6,8-9,11,15,19-20H,4,7,10H2,1H3,(H,18,21). The van der Waals surface area contributed by atoms with Crippen molar-refractivity contribution in [1.29, 1.82) is 0 Å². The number of hydrogen-bond donors (Lipinski definition) is 3. The zero-order valence-corrected chi connectivity index (χ0v) is 12.1. The van der Waals surface area contributed by atoms with Gasteiger partial charge in [-0.25, -0.2) is 0 Å². The number of phenols is 1. The number of rotatable bonds is 3. The summed E-state index contributed by atoms with van der Waals surface area (Å²) in [7, 11) is 0. The Balaban J connectivity index is 1.85. The maximum atomic E-state index is 11.8. The number of carbonyl (C=O) groups is 1. The smallest absolute Gasteiger partial charge is 0.237 e. The third-order valence-electron chi connectivity index (χ3n) is 4.13. The van der Waals surface area contributed by atoms with Crippen LogP contribution in [0.1, 0.15) is 31.4 Å². The van der Waals surface area contributed by atoms with E-state index in [4.69, 9.17) is 0 Å². The SMILES string of the molecule is CC(NC1CCCNC1=O)c1ccc2ccccc2c1O. The minimum absolute atomic E-state index is 0.0494. The monoisotopic (exact) mass is 284 g/mol. The topological polar surface area (TPSA) is 61.4 Å². The van der Waals surface area contributed by atoms with Crippen molar-refractivity contribution >= 4 is 16.7 Å². The summed E-state index contributed by atoms with van der Waals surface area (Å²) in [5.41, 5.74) is 0.826. The summed E-state index contributed by atoms with van der Waals surface area (Å²) in [5, 5.41) is 18.5. The first-order valence-corrected chi connectivity index (χ1v) is 7.41. The number of amides is 1. The molecule has 2 unspecified atom stereocenters. The first-order valence-electron chi connectivity index (χ1n) is 7.41. The van der Waals surface area contributed by atoms with Crippen molar-refractivity contribution in [3.05, 3.63) is 42.0 Å². The van der Waals surface area contributed by atoms with E-state index < -0.39 is 0 Å². The summed E-state index contributed by atoms with van der Waals surface area (Å²) in [6.07, 6.45) is 1.82. The molecule has 110 valence electrons. The summed E-state index contributed by atoms with van der Waals surface area (Å²) in [6.45, 7) is 2.73. The van der Waals surface area contributed by atoms with E-state index in [2.05, 4.69) is 10.6 Å². The predicted molar refractivity (Wildman–Crippen MR) is 83.2 cm³/mol. The second-order valence-electron chi connectivity index (χ2n) is 5.60. The van der Waals surface area contributed by atoms with E-state index >= 15 is 0 Å². The molecular formula is C17H20N2O2. The van der Waals surface area contributed by atoms with Gasteiger partial charge < -0.3 is 10.4 Å². The molecule has 1 heterocycles. The molecule has 1 amide bonds. The highest BCUT2D eigenvalue weighted by molar-refractivity contribution is 5.89. The molecule has 0 aromatic heterocycles. The van der Waals surface area contributed by atoms with Crippen molar-refractivity contribution in [3.63, 3.8) is 0 Å². The molecule has 2 aromatic rings. The van der Waals surface area contributed by atoms with E-state index in [0.29, 0.717) is 5.75 Å². The third-order valence-corrected chi connectivity index (χ3v) is 4.13. The lowest BCUT2D eigenvalue weighted by Gasteiger charge is -2.27. The molecule has 0 spiro atoms. The third kappa shape index (κ3) is 2.72. The van der Waals surface area contributed by atoms with Crippen LogP contribution in [0.2, 0.25) is 0 Å². The van der Waals surface area contributed by atoms with Crippen LogP contribution >= 0.6 is 0 Å². The highest BCUT2D eigenvalue weighted by Crippen LogP contribution is 2.32. The molecular weight excluding hydrogens is 264 g/mol. The van der Waals surface area contributed by atoms with Gasteiger partial charge in [0.2, 0.25) is 5.91 Å². The van der Waals surface area contributed by atoms with Gasteiger partial charge in [0.25, 0.3) is 0 Å². The molecule has 2 atom stereocenters. The van der Waals surface area contributed by atoms with E-state index in [1.165, 1.54) is 0 Å². The minimum atomic E-state index is -0.181. The first kappa shape index (κ1) is 13.9. The van der Waals surface area contributed by atoms with E-state index in [1.807, 2.05) is 43.3 Å². The van der Waals surface area contributed by atoms with E-state index in [9.17, 15) is 9.90 Å². The number of phenolic OH excluding ortho intramolecular Hbond substituents is 1. The molecule has 21 heavy (non-hydrogen) atoms. The van der Waals surface area contributed by atoms with E-state index in [1.54, 1.807) is 0 Å². The van der Waals surface area contributed by atoms with Crippen molar-refractivity contribution in [3.8, 4) is 5.75 Å². The van der Waals surface area contributed by atoms with Crippen molar-refractivity contribution in [1.82, 2.24) is 10.6 Å². The van der Waals surface area contributed by atoms with Crippen LogP contribution in [0, 0.1) is 0 Å². The normalized spacial score (nSPS) is 20.2. The number of fused-ring (bicyclic) bond motifs is 1. The van der Waals surface area contributed by atoms with Crippen LogP contribution in [0.3, 0.4) is 0 Å². The van der Waals surface area contributed by atoms with Crippen LogP contribution in [0.4, 0.5) is 0 Å². The quantitative estimate of drug-likeness (QED) is 0.811. The Kier molecular flexibility index (Phi) is 3.80. The summed E-state index contributed by atoms with van der Waals surface area (Å²) >= 11 is 0. The first-order chi connectivity index (χ1) is 10.2. The Morgan fingerprint density at radius 2 is 2.10 bits per heavy atom. The maximum Gasteiger partial charge on any atom is 0.237 e. The molecule has 0 radical (unpaired) electrons. The molecule has 3 N–H and O–H groups in total. The van der Waals surface area contributed by atoms with Gasteiger partial charge in [-0.05, 0) is 25.2 Å². The Morgan fingerprint density at radius 3 is 2.90 bits per heavy atom. The van der Waals surface area contributed by atoms with Crippen LogP contribution in [0.5, 0.6) is 5.75 Å². The van der Waals surface area contributed by atoms with Gasteiger partial charge in [0, 0.05) is 23.5 Å². The van der Waals surface area contributed by atoms with Crippen molar-refractivity contribution in [2.75, 3.05) is 6.54 Å². The summed E-state index contributed by atoms with van der Waals surface area (Å²) < 4.78 is 0. The average Bonchev–Trinajstić information content (AvgIpc) is 2.50. The second-order valence-corrected chi connectivity index (χ2v) is 5.60. The van der Waals surface area contributed by atoms with Gasteiger partial charge in [-0.2, -0.15) is 0 Å². The summed E-state index contributed by atoms with van der Waals surface area (Å²) in [4.78, 5) is 11.8. The zero-order valence-electron chi connectivity index (χ0n) is 12.1. The number of aromatic hydroxyl groups is 1. The molecule has 1 saturated heterocycles. The van der Waals surface area contributed by atoms with Gasteiger partial charge in [-0.3, -0.25) is 10.1 Å². The van der Waals surface area contributed by atoms with Gasteiger partial charge in [0.15, 0.2) is 0 Å². The Labute approximate surface area is 124 Å². The van der Waals surface area contributed by atoms with Crippen LogP contribution in [-0.4, -0.2) is 23.6 Å². The zero-order chi connectivity index (χ0) is 14.8. The predicted octanol–water partition coefficient (Wildman–Crippen LogP) is 2.47. The molecule has 4 nitrogen and oxygen atoms in total. The largest absolute Gasteiger partial charge is 0.507 e. The molecule has 0 saturated carbocycles. The number of carbonyl (C=O) groups excluding carboxylic acids is 1. The highest BCUT2D eigenvalue weighted by Gasteiger charge is 2.24. The van der Waals surface area contributed by atoms with E-state index in [-0.39, 0.29) is 18.0 Å².